The molecule has 9 aliphatic heterocycles. The van der Waals surface area contributed by atoms with Gasteiger partial charge in [-0.1, -0.05) is 18.2 Å². The number of H-pyrrole nitrogens is 3. The van der Waals surface area contributed by atoms with E-state index in [1.165, 1.54) is 66.0 Å². The Balaban J connectivity index is 0.000000117. The summed E-state index contributed by atoms with van der Waals surface area (Å²) in [6, 6.07) is 44.5. The second-order valence-electron chi connectivity index (χ2n) is 34.2. The van der Waals surface area contributed by atoms with Crippen LogP contribution in [0.3, 0.4) is 0 Å². The first-order chi connectivity index (χ1) is 59.9. The molecule has 1 saturated carbocycles. The van der Waals surface area contributed by atoms with Crippen LogP contribution in [0, 0.1) is 61.2 Å². The lowest BCUT2D eigenvalue weighted by Crippen LogP contribution is -2.68. The van der Waals surface area contributed by atoms with Crippen molar-refractivity contribution >= 4 is 17.5 Å². The lowest BCUT2D eigenvalue weighted by Gasteiger charge is -2.56. The van der Waals surface area contributed by atoms with E-state index in [9.17, 15) is 4.39 Å². The number of pyridine rings is 6. The van der Waals surface area contributed by atoms with Gasteiger partial charge in [-0.3, -0.25) is 30.0 Å². The van der Waals surface area contributed by atoms with Gasteiger partial charge in [0.2, 0.25) is 0 Å². The number of hydrogen-bond donors (Lipinski definition) is 3. The van der Waals surface area contributed by atoms with Crippen molar-refractivity contribution in [2.24, 2.45) is 0 Å². The van der Waals surface area contributed by atoms with Crippen LogP contribution in [0.5, 0.6) is 0 Å². The third-order valence-electron chi connectivity index (χ3n) is 24.6. The summed E-state index contributed by atoms with van der Waals surface area (Å²) in [6.07, 6.45) is 24.1. The molecule has 3 N–H and O–H groups in total. The van der Waals surface area contributed by atoms with E-state index in [1.54, 1.807) is 6.20 Å². The number of aromatic amines is 3. The molecule has 31 heteroatoms. The Morgan fingerprint density at radius 2 is 0.789 bits per heavy atom. The average molecular weight is 1640 g/mol. The SMILES string of the molecule is Cc1cc(Cc2cc(C)[nH]n2)nc(-c2ccc(N3CC4CC(C3)N4Cc3ccc(-n4nc(C)cc4C)nc3)nc2)n1.Cc1cc(Cc2cc(C)[nH]n2)nc(-c2ccc(N3CC4CC(C3)N4Cc3ccc(-n4nccc4C)nc3)nc2)n1.Cc1cc(Cc2cc(C3CC3)n[nH]2)nc(-c2ccc(N3CC4CC(C3)N4Cc3ccc(-n4cc(F)cn4)nc3)nc2)n1. The molecule has 10 fully saturated rings. The van der Waals surface area contributed by atoms with Crippen molar-refractivity contribution in [3.05, 3.63) is 285 Å². The van der Waals surface area contributed by atoms with Crippen LogP contribution in [0.4, 0.5) is 21.8 Å². The van der Waals surface area contributed by atoms with E-state index in [0.717, 1.165) is 190 Å². The summed E-state index contributed by atoms with van der Waals surface area (Å²) in [4.78, 5) is 71.8. The molecule has 0 amide bonds. The molecule has 1 aliphatic carbocycles. The number of aromatic nitrogens is 24. The summed E-state index contributed by atoms with van der Waals surface area (Å²) in [5.74, 6) is 7.72. The number of fused-ring (bicyclic) bond motifs is 6. The average Bonchev–Trinajstić information content (AvgIpc) is 1.53. The zero-order valence-corrected chi connectivity index (χ0v) is 70.3. The molecule has 0 aromatic carbocycles. The molecule has 6 unspecified atom stereocenters. The van der Waals surface area contributed by atoms with Crippen LogP contribution < -0.4 is 14.7 Å². The molecule has 0 spiro atoms. The number of piperidine rings is 3. The number of anilines is 3. The standard InChI is InChI=1S/C31H31FN10.C31H34N10.C30H32N10/c1-19-8-24(9-25-10-28(39-38-25)21-3-4-21)37-31(36-19)22-5-7-29(34-13-22)40-17-26-11-27(18-40)41(26)15-20-2-6-30(33-12-20)42-16-23(32)14-35-42;1-19-10-25(12-26-11-20(2)36-37-26)35-31(34-19)24-6-8-29(33-15-24)39-17-27-13-28(18-39)40(27)16-23-5-7-30(32-14-23)41-22(4)9-21(3)38-41;1-19-10-24(12-25-11-20(2)36-37-25)35-30(34-19)23-5-7-28(32-15-23)38-17-26-13-27(18-38)39(26)16-22-4-6-29(31-14-22)40-21(3)8-9-33-40/h2,5-8,10,12-14,16,21,26-27H,3-4,9,11,15,17-18H2,1H3,(H,38,39);5-11,14-15,27-28H,12-13,16-18H2,1-4H3,(H,36,37);4-11,14-15,26-27H,12-13,16-18H2,1-3H3,(H,36,37). The molecule has 622 valence electrons. The van der Waals surface area contributed by atoms with E-state index in [-0.39, 0.29) is 5.82 Å². The van der Waals surface area contributed by atoms with Crippen molar-refractivity contribution in [2.75, 3.05) is 54.0 Å². The summed E-state index contributed by atoms with van der Waals surface area (Å²) in [6.45, 7) is 24.6. The van der Waals surface area contributed by atoms with Gasteiger partial charge in [-0.05, 0) is 207 Å². The minimum atomic E-state index is -0.371. The number of nitrogens with zero attached hydrogens (tertiary/aromatic N) is 27. The Morgan fingerprint density at radius 1 is 0.366 bits per heavy atom. The second kappa shape index (κ2) is 33.2. The van der Waals surface area contributed by atoms with Crippen molar-refractivity contribution in [1.82, 2.24) is 134 Å². The first kappa shape index (κ1) is 78.2. The van der Waals surface area contributed by atoms with Gasteiger partial charge in [0.1, 0.15) is 17.5 Å². The number of halogens is 1. The Kier molecular flexibility index (Phi) is 21.1. The fourth-order valence-corrected chi connectivity index (χ4v) is 18.3. The molecular formula is C92H97FN30. The smallest absolute Gasteiger partial charge is 0.161 e. The highest BCUT2D eigenvalue weighted by Gasteiger charge is 2.47. The van der Waals surface area contributed by atoms with Gasteiger partial charge < -0.3 is 14.7 Å². The second-order valence-corrected chi connectivity index (χ2v) is 34.2. The number of hydrogen-bond acceptors (Lipinski definition) is 24. The highest BCUT2D eigenvalue weighted by Crippen LogP contribution is 2.41. The molecule has 6 atom stereocenters. The lowest BCUT2D eigenvalue weighted by atomic mass is 9.87. The van der Waals surface area contributed by atoms with Crippen LogP contribution in [-0.2, 0) is 38.9 Å². The molecule has 15 aromatic rings. The summed E-state index contributed by atoms with van der Waals surface area (Å²) >= 11 is 0. The van der Waals surface area contributed by atoms with Crippen LogP contribution in [0.2, 0.25) is 0 Å². The minimum Gasteiger partial charge on any atom is -0.353 e. The van der Waals surface area contributed by atoms with Crippen LogP contribution in [0.1, 0.15) is 140 Å². The van der Waals surface area contributed by atoms with Crippen molar-refractivity contribution in [3.8, 4) is 51.6 Å². The number of piperazine rings is 3. The highest BCUT2D eigenvalue weighted by molar-refractivity contribution is 5.60. The predicted molar refractivity (Wildman–Crippen MR) is 464 cm³/mol. The van der Waals surface area contributed by atoms with Gasteiger partial charge in [-0.25, -0.2) is 78.2 Å². The maximum atomic E-state index is 13.3. The first-order valence-corrected chi connectivity index (χ1v) is 42.5. The largest absolute Gasteiger partial charge is 0.353 e. The third-order valence-corrected chi connectivity index (χ3v) is 24.6. The molecule has 123 heavy (non-hydrogen) atoms. The minimum absolute atomic E-state index is 0.371. The van der Waals surface area contributed by atoms with E-state index >= 15 is 0 Å². The summed E-state index contributed by atoms with van der Waals surface area (Å²) in [5, 5.41) is 35.3. The first-order valence-electron chi connectivity index (χ1n) is 42.5. The normalized spacial score (nSPS) is 19.1. The molecule has 10 aliphatic rings. The zero-order valence-electron chi connectivity index (χ0n) is 70.3. The summed E-state index contributed by atoms with van der Waals surface area (Å²) in [7, 11) is 0. The highest BCUT2D eigenvalue weighted by atomic mass is 19.1. The zero-order chi connectivity index (χ0) is 83.5. The molecule has 24 heterocycles. The molecule has 0 radical (unpaired) electrons. The van der Waals surface area contributed by atoms with Gasteiger partial charge in [0, 0.05) is 226 Å². The van der Waals surface area contributed by atoms with Gasteiger partial charge >= 0.3 is 0 Å². The fraction of sp³-hybridized carbons (Fsp3) is 0.348. The van der Waals surface area contributed by atoms with E-state index < -0.39 is 0 Å². The monoisotopic (exact) mass is 1640 g/mol. The maximum Gasteiger partial charge on any atom is 0.161 e. The third kappa shape index (κ3) is 17.2. The Morgan fingerprint density at radius 3 is 1.15 bits per heavy atom. The molecular weight excluding hydrogens is 1540 g/mol. The Bertz CT molecular complexity index is 6210. The number of rotatable bonds is 22. The van der Waals surface area contributed by atoms with Gasteiger partial charge in [0.15, 0.2) is 40.7 Å². The van der Waals surface area contributed by atoms with Gasteiger partial charge in [-0.15, -0.1) is 0 Å². The Labute approximate surface area is 711 Å². The number of aryl methyl sites for hydroxylation is 8. The van der Waals surface area contributed by atoms with Gasteiger partial charge in [0.05, 0.1) is 52.3 Å². The van der Waals surface area contributed by atoms with Gasteiger partial charge in [0.25, 0.3) is 0 Å². The predicted octanol–water partition coefficient (Wildman–Crippen LogP) is 12.2. The molecule has 9 saturated heterocycles. The molecule has 25 rings (SSSR count). The maximum absolute atomic E-state index is 13.3. The van der Waals surface area contributed by atoms with Crippen LogP contribution >= 0.6 is 0 Å². The van der Waals surface area contributed by atoms with Crippen LogP contribution in [-0.4, -0.2) is 210 Å². The quantitative estimate of drug-likeness (QED) is 0.0567. The summed E-state index contributed by atoms with van der Waals surface area (Å²) < 4.78 is 18.5. The van der Waals surface area contributed by atoms with Crippen molar-refractivity contribution in [2.45, 2.75) is 169 Å². The number of nitrogens with one attached hydrogen (secondary N) is 3. The topological polar surface area (TPSA) is 314 Å². The van der Waals surface area contributed by atoms with Crippen molar-refractivity contribution in [3.63, 3.8) is 0 Å². The lowest BCUT2D eigenvalue weighted by molar-refractivity contribution is -0.00877. The molecule has 6 bridgehead atoms. The molecule has 30 nitrogen and oxygen atoms in total. The van der Waals surface area contributed by atoms with Crippen molar-refractivity contribution in [1.29, 1.82) is 0 Å². The van der Waals surface area contributed by atoms with E-state index in [2.05, 4.69) is 181 Å². The van der Waals surface area contributed by atoms with Gasteiger partial charge in [-0.2, -0.15) is 30.6 Å². The van der Waals surface area contributed by atoms with E-state index in [4.69, 9.17) is 39.9 Å². The van der Waals surface area contributed by atoms with Crippen LogP contribution in [0.15, 0.2) is 177 Å². The molecule has 15 aromatic heterocycles. The van der Waals surface area contributed by atoms with Crippen LogP contribution in [0.25, 0.3) is 51.6 Å². The van der Waals surface area contributed by atoms with E-state index in [1.807, 2.05) is 137 Å². The Hall–Kier alpha value is -13.4. The fourth-order valence-electron chi connectivity index (χ4n) is 18.3. The van der Waals surface area contributed by atoms with E-state index in [0.29, 0.717) is 84.7 Å². The van der Waals surface area contributed by atoms with Crippen molar-refractivity contribution < 1.29 is 4.39 Å². The summed E-state index contributed by atoms with van der Waals surface area (Å²) in [5.41, 5.74) is 21.6.